The molecule has 0 aliphatic carbocycles. The number of fused-ring (bicyclic) bond motifs is 1. The SMILES string of the molecule is Cc1cc2cc(C(C)(C)C)ccc2oc1=O. The number of aryl methyl sites for hydroxylation is 1. The van der Waals surface area contributed by atoms with Crippen molar-refractivity contribution in [2.45, 2.75) is 33.1 Å². The number of benzene rings is 1. The van der Waals surface area contributed by atoms with E-state index in [9.17, 15) is 4.79 Å². The number of hydrogen-bond acceptors (Lipinski definition) is 2. The molecule has 0 unspecified atom stereocenters. The molecule has 84 valence electrons. The highest BCUT2D eigenvalue weighted by Gasteiger charge is 2.14. The van der Waals surface area contributed by atoms with Gasteiger partial charge in [-0.25, -0.2) is 4.79 Å². The first-order valence-electron chi connectivity index (χ1n) is 5.43. The molecule has 1 aromatic heterocycles. The normalized spacial score (nSPS) is 12.0. The molecule has 1 aromatic carbocycles. The summed E-state index contributed by atoms with van der Waals surface area (Å²) >= 11 is 0. The molecule has 0 aliphatic heterocycles. The zero-order valence-corrected chi connectivity index (χ0v) is 10.1. The van der Waals surface area contributed by atoms with Crippen LogP contribution in [0.2, 0.25) is 0 Å². The fourth-order valence-corrected chi connectivity index (χ4v) is 1.69. The maximum atomic E-state index is 11.3. The first-order chi connectivity index (χ1) is 7.38. The molecule has 0 bridgehead atoms. The van der Waals surface area contributed by atoms with Gasteiger partial charge in [-0.2, -0.15) is 0 Å². The van der Waals surface area contributed by atoms with Gasteiger partial charge in [0.15, 0.2) is 0 Å². The molecule has 2 aromatic rings. The zero-order chi connectivity index (χ0) is 11.9. The molecule has 0 saturated carbocycles. The highest BCUT2D eigenvalue weighted by Crippen LogP contribution is 2.25. The lowest BCUT2D eigenvalue weighted by atomic mass is 9.86. The van der Waals surface area contributed by atoms with Crippen molar-refractivity contribution in [3.8, 4) is 0 Å². The van der Waals surface area contributed by atoms with Crippen LogP contribution < -0.4 is 5.63 Å². The molecule has 0 N–H and O–H groups in total. The smallest absolute Gasteiger partial charge is 0.339 e. The number of hydrogen-bond donors (Lipinski definition) is 0. The van der Waals surface area contributed by atoms with Crippen LogP contribution in [-0.4, -0.2) is 0 Å². The molecule has 0 spiro atoms. The Hall–Kier alpha value is -1.57. The second-order valence-electron chi connectivity index (χ2n) is 5.22. The Bertz CT molecular complexity index is 586. The van der Waals surface area contributed by atoms with Crippen molar-refractivity contribution in [2.75, 3.05) is 0 Å². The Morgan fingerprint density at radius 2 is 1.81 bits per heavy atom. The zero-order valence-electron chi connectivity index (χ0n) is 10.1. The van der Waals surface area contributed by atoms with Crippen LogP contribution in [0.4, 0.5) is 0 Å². The van der Waals surface area contributed by atoms with Gasteiger partial charge in [-0.3, -0.25) is 0 Å². The average Bonchev–Trinajstić information content (AvgIpc) is 2.17. The predicted octanol–water partition coefficient (Wildman–Crippen LogP) is 3.40. The van der Waals surface area contributed by atoms with E-state index in [2.05, 4.69) is 26.8 Å². The van der Waals surface area contributed by atoms with Crippen LogP contribution in [0.3, 0.4) is 0 Å². The van der Waals surface area contributed by atoms with Gasteiger partial charge in [-0.15, -0.1) is 0 Å². The third-order valence-electron chi connectivity index (χ3n) is 2.77. The molecular weight excluding hydrogens is 200 g/mol. The summed E-state index contributed by atoms with van der Waals surface area (Å²) < 4.78 is 5.20. The molecule has 1 heterocycles. The summed E-state index contributed by atoms with van der Waals surface area (Å²) in [6.45, 7) is 8.27. The van der Waals surface area contributed by atoms with Crippen LogP contribution >= 0.6 is 0 Å². The molecule has 2 heteroatoms. The van der Waals surface area contributed by atoms with Gasteiger partial charge in [0.05, 0.1) is 0 Å². The van der Waals surface area contributed by atoms with Crippen LogP contribution in [0.15, 0.2) is 33.5 Å². The second-order valence-corrected chi connectivity index (χ2v) is 5.22. The summed E-state index contributed by atoms with van der Waals surface area (Å²) in [5, 5.41) is 0.990. The fraction of sp³-hybridized carbons (Fsp3) is 0.357. The van der Waals surface area contributed by atoms with E-state index in [-0.39, 0.29) is 11.0 Å². The van der Waals surface area contributed by atoms with E-state index in [1.54, 1.807) is 6.92 Å². The van der Waals surface area contributed by atoms with Gasteiger partial charge in [0.25, 0.3) is 0 Å². The largest absolute Gasteiger partial charge is 0.423 e. The van der Waals surface area contributed by atoms with Crippen molar-refractivity contribution in [2.24, 2.45) is 0 Å². The molecule has 0 fully saturated rings. The fourth-order valence-electron chi connectivity index (χ4n) is 1.69. The van der Waals surface area contributed by atoms with E-state index in [1.165, 1.54) is 5.56 Å². The quantitative estimate of drug-likeness (QED) is 0.632. The lowest BCUT2D eigenvalue weighted by molar-refractivity contribution is 0.553. The van der Waals surface area contributed by atoms with Gasteiger partial charge in [0.2, 0.25) is 0 Å². The molecular formula is C14H16O2. The monoisotopic (exact) mass is 216 g/mol. The summed E-state index contributed by atoms with van der Waals surface area (Å²) in [4.78, 5) is 11.3. The molecule has 16 heavy (non-hydrogen) atoms. The van der Waals surface area contributed by atoms with Gasteiger partial charge >= 0.3 is 5.63 Å². The standard InChI is InChI=1S/C14H16O2/c1-9-7-10-8-11(14(2,3)4)5-6-12(10)16-13(9)15/h5-8H,1-4H3. The first-order valence-corrected chi connectivity index (χ1v) is 5.43. The van der Waals surface area contributed by atoms with Crippen LogP contribution in [0.5, 0.6) is 0 Å². The molecule has 0 amide bonds. The van der Waals surface area contributed by atoms with E-state index in [0.717, 1.165) is 5.39 Å². The molecule has 2 rings (SSSR count). The van der Waals surface area contributed by atoms with E-state index in [0.29, 0.717) is 11.1 Å². The summed E-state index contributed by atoms with van der Waals surface area (Å²) in [6, 6.07) is 7.86. The summed E-state index contributed by atoms with van der Waals surface area (Å²) in [6.07, 6.45) is 0. The first kappa shape index (κ1) is 10.9. The van der Waals surface area contributed by atoms with Gasteiger partial charge in [0, 0.05) is 10.9 Å². The molecule has 0 saturated heterocycles. The third kappa shape index (κ3) is 1.87. The third-order valence-corrected chi connectivity index (χ3v) is 2.77. The van der Waals surface area contributed by atoms with Crippen molar-refractivity contribution in [3.05, 3.63) is 45.8 Å². The van der Waals surface area contributed by atoms with Gasteiger partial charge in [0.1, 0.15) is 5.58 Å². The van der Waals surface area contributed by atoms with E-state index >= 15 is 0 Å². The second kappa shape index (κ2) is 3.48. The highest BCUT2D eigenvalue weighted by molar-refractivity contribution is 5.78. The van der Waals surface area contributed by atoms with Crippen molar-refractivity contribution >= 4 is 11.0 Å². The minimum atomic E-state index is -0.254. The molecule has 0 atom stereocenters. The van der Waals surface area contributed by atoms with Gasteiger partial charge in [-0.1, -0.05) is 26.8 Å². The van der Waals surface area contributed by atoms with Crippen LogP contribution in [0, 0.1) is 6.92 Å². The Labute approximate surface area is 94.9 Å². The molecule has 2 nitrogen and oxygen atoms in total. The maximum Gasteiger partial charge on any atom is 0.339 e. The summed E-state index contributed by atoms with van der Waals surface area (Å²) in [5.74, 6) is 0. The predicted molar refractivity (Wildman–Crippen MR) is 65.9 cm³/mol. The Balaban J connectivity index is 2.72. The van der Waals surface area contributed by atoms with Crippen molar-refractivity contribution in [1.29, 1.82) is 0 Å². The van der Waals surface area contributed by atoms with Crippen molar-refractivity contribution in [1.82, 2.24) is 0 Å². The Morgan fingerprint density at radius 3 is 2.44 bits per heavy atom. The van der Waals surface area contributed by atoms with Gasteiger partial charge < -0.3 is 4.42 Å². The molecule has 0 radical (unpaired) electrons. The maximum absolute atomic E-state index is 11.3. The van der Waals surface area contributed by atoms with E-state index in [1.807, 2.05) is 18.2 Å². The Morgan fingerprint density at radius 1 is 1.12 bits per heavy atom. The van der Waals surface area contributed by atoms with Crippen LogP contribution in [-0.2, 0) is 5.41 Å². The van der Waals surface area contributed by atoms with E-state index in [4.69, 9.17) is 4.42 Å². The lowest BCUT2D eigenvalue weighted by Crippen LogP contribution is -2.11. The van der Waals surface area contributed by atoms with Crippen molar-refractivity contribution in [3.63, 3.8) is 0 Å². The average molecular weight is 216 g/mol. The minimum Gasteiger partial charge on any atom is -0.423 e. The summed E-state index contributed by atoms with van der Waals surface area (Å²) in [5.41, 5.74) is 2.41. The summed E-state index contributed by atoms with van der Waals surface area (Å²) in [7, 11) is 0. The topological polar surface area (TPSA) is 30.2 Å². The Kier molecular flexibility index (Phi) is 2.38. The number of rotatable bonds is 0. The lowest BCUT2D eigenvalue weighted by Gasteiger charge is -2.19. The van der Waals surface area contributed by atoms with E-state index < -0.39 is 0 Å². The van der Waals surface area contributed by atoms with Crippen LogP contribution in [0.25, 0.3) is 11.0 Å². The van der Waals surface area contributed by atoms with Crippen LogP contribution in [0.1, 0.15) is 31.9 Å². The minimum absolute atomic E-state index is 0.109. The highest BCUT2D eigenvalue weighted by atomic mass is 16.4. The molecule has 0 aliphatic rings. The van der Waals surface area contributed by atoms with Gasteiger partial charge in [-0.05, 0) is 36.1 Å². The van der Waals surface area contributed by atoms with Crippen molar-refractivity contribution < 1.29 is 4.42 Å².